The summed E-state index contributed by atoms with van der Waals surface area (Å²) in [5.74, 6) is -1.51. The van der Waals surface area contributed by atoms with Gasteiger partial charge in [0.25, 0.3) is 0 Å². The fourth-order valence-electron chi connectivity index (χ4n) is 5.13. The van der Waals surface area contributed by atoms with Crippen molar-refractivity contribution in [2.45, 2.75) is 57.2 Å². The van der Waals surface area contributed by atoms with E-state index in [2.05, 4.69) is 5.32 Å². The van der Waals surface area contributed by atoms with Gasteiger partial charge in [0.1, 0.15) is 18.4 Å². The average Bonchev–Trinajstić information content (AvgIpc) is 2.95. The van der Waals surface area contributed by atoms with Crippen molar-refractivity contribution in [2.75, 3.05) is 17.1 Å². The Morgan fingerprint density at radius 2 is 1.63 bits per heavy atom. The van der Waals surface area contributed by atoms with Gasteiger partial charge in [0, 0.05) is 24.0 Å². The molecule has 7 nitrogen and oxygen atoms in total. The fourth-order valence-corrected chi connectivity index (χ4v) is 6.10. The summed E-state index contributed by atoms with van der Waals surface area (Å²) < 4.78 is 40.5. The van der Waals surface area contributed by atoms with Crippen LogP contribution in [-0.2, 0) is 32.6 Å². The van der Waals surface area contributed by atoms with Crippen LogP contribution in [-0.4, -0.2) is 50.0 Å². The third-order valence-electron chi connectivity index (χ3n) is 7.26. The van der Waals surface area contributed by atoms with Gasteiger partial charge in [0.2, 0.25) is 21.8 Å². The smallest absolute Gasteiger partial charge is 0.244 e. The SMILES string of the molecule is CS(=O)(=O)N(CC(=O)N(Cc1ccc(Cl)cc1)[C@@H](Cc1ccccc1)C(=O)NC1CCCCC1)c1cccc(F)c1. The molecule has 4 rings (SSSR count). The van der Waals surface area contributed by atoms with Crippen LogP contribution in [0.25, 0.3) is 0 Å². The molecule has 218 valence electrons. The Bertz CT molecular complexity index is 1430. The van der Waals surface area contributed by atoms with Gasteiger partial charge in [-0.1, -0.05) is 79.4 Å². The Hall–Kier alpha value is -3.43. The minimum Gasteiger partial charge on any atom is -0.352 e. The number of nitrogens with zero attached hydrogens (tertiary/aromatic N) is 2. The van der Waals surface area contributed by atoms with Gasteiger partial charge in [0.15, 0.2) is 0 Å². The van der Waals surface area contributed by atoms with Crippen molar-refractivity contribution in [1.29, 1.82) is 0 Å². The number of hydrogen-bond donors (Lipinski definition) is 1. The second-order valence-corrected chi connectivity index (χ2v) is 12.8. The van der Waals surface area contributed by atoms with Gasteiger partial charge in [-0.3, -0.25) is 13.9 Å². The molecule has 0 saturated heterocycles. The van der Waals surface area contributed by atoms with Crippen molar-refractivity contribution in [3.05, 3.63) is 101 Å². The maximum Gasteiger partial charge on any atom is 0.244 e. The van der Waals surface area contributed by atoms with E-state index in [-0.39, 0.29) is 30.6 Å². The number of carbonyl (C=O) groups excluding carboxylic acids is 2. The van der Waals surface area contributed by atoms with Gasteiger partial charge in [0.05, 0.1) is 11.9 Å². The number of nitrogens with one attached hydrogen (secondary N) is 1. The zero-order chi connectivity index (χ0) is 29.4. The molecule has 0 heterocycles. The van der Waals surface area contributed by atoms with Gasteiger partial charge in [-0.25, -0.2) is 12.8 Å². The van der Waals surface area contributed by atoms with Crippen molar-refractivity contribution in [1.82, 2.24) is 10.2 Å². The second-order valence-electron chi connectivity index (χ2n) is 10.4. The third-order valence-corrected chi connectivity index (χ3v) is 8.66. The summed E-state index contributed by atoms with van der Waals surface area (Å²) in [7, 11) is -3.97. The van der Waals surface area contributed by atoms with Gasteiger partial charge in [-0.15, -0.1) is 0 Å². The molecule has 0 bridgehead atoms. The summed E-state index contributed by atoms with van der Waals surface area (Å²) in [6.45, 7) is -0.551. The van der Waals surface area contributed by atoms with Gasteiger partial charge in [-0.05, 0) is 54.3 Å². The van der Waals surface area contributed by atoms with E-state index in [9.17, 15) is 22.4 Å². The molecule has 0 radical (unpaired) electrons. The number of rotatable bonds is 11. The molecule has 0 aromatic heterocycles. The van der Waals surface area contributed by atoms with Gasteiger partial charge in [-0.2, -0.15) is 0 Å². The van der Waals surface area contributed by atoms with Crippen LogP contribution in [0.5, 0.6) is 0 Å². The molecule has 41 heavy (non-hydrogen) atoms. The first kappa shape index (κ1) is 30.5. The predicted molar refractivity (Wildman–Crippen MR) is 160 cm³/mol. The first-order valence-corrected chi connectivity index (χ1v) is 15.9. The monoisotopic (exact) mass is 599 g/mol. The van der Waals surface area contributed by atoms with Crippen LogP contribution >= 0.6 is 11.6 Å². The average molecular weight is 600 g/mol. The maximum absolute atomic E-state index is 14.1. The lowest BCUT2D eigenvalue weighted by Gasteiger charge is -2.35. The van der Waals surface area contributed by atoms with Crippen LogP contribution in [0.3, 0.4) is 0 Å². The van der Waals surface area contributed by atoms with Crippen LogP contribution in [0.1, 0.15) is 43.2 Å². The normalized spacial score (nSPS) is 14.7. The van der Waals surface area contributed by atoms with Crippen LogP contribution in [0.4, 0.5) is 10.1 Å². The summed E-state index contributed by atoms with van der Waals surface area (Å²) in [5.41, 5.74) is 1.61. The van der Waals surface area contributed by atoms with Gasteiger partial charge >= 0.3 is 0 Å². The number of anilines is 1. The lowest BCUT2D eigenvalue weighted by atomic mass is 9.94. The minimum absolute atomic E-state index is 0.0156. The van der Waals surface area contributed by atoms with Crippen molar-refractivity contribution < 1.29 is 22.4 Å². The van der Waals surface area contributed by atoms with Crippen molar-refractivity contribution >= 4 is 39.1 Å². The van der Waals surface area contributed by atoms with E-state index in [1.165, 1.54) is 23.1 Å². The summed E-state index contributed by atoms with van der Waals surface area (Å²) in [6.07, 6.45) is 6.12. The maximum atomic E-state index is 14.1. The first-order chi connectivity index (χ1) is 19.6. The number of sulfonamides is 1. The van der Waals surface area contributed by atoms with Crippen LogP contribution in [0, 0.1) is 5.82 Å². The Labute approximate surface area is 246 Å². The Morgan fingerprint density at radius 3 is 2.27 bits per heavy atom. The highest BCUT2D eigenvalue weighted by atomic mass is 35.5. The molecule has 1 aliphatic rings. The topological polar surface area (TPSA) is 86.8 Å². The molecule has 2 amide bonds. The molecule has 3 aromatic rings. The standard InChI is InChI=1S/C31H35ClFN3O4S/c1-41(39,40)36(28-14-8-11-26(33)20-28)22-30(37)35(21-24-15-17-25(32)18-16-24)29(19-23-9-4-2-5-10-23)31(38)34-27-12-6-3-7-13-27/h2,4-5,8-11,14-18,20,27,29H,3,6-7,12-13,19,21-22H2,1H3,(H,34,38)/t29-/m0/s1. The molecule has 1 fully saturated rings. The van der Waals surface area contributed by atoms with Crippen molar-refractivity contribution in [3.8, 4) is 0 Å². The zero-order valence-electron chi connectivity index (χ0n) is 23.0. The largest absolute Gasteiger partial charge is 0.352 e. The second kappa shape index (κ2) is 14.0. The number of hydrogen-bond acceptors (Lipinski definition) is 4. The highest BCUT2D eigenvalue weighted by Gasteiger charge is 2.34. The number of amides is 2. The van der Waals surface area contributed by atoms with E-state index < -0.39 is 34.3 Å². The Kier molecular flexibility index (Phi) is 10.4. The molecule has 1 saturated carbocycles. The number of benzene rings is 3. The highest BCUT2D eigenvalue weighted by molar-refractivity contribution is 7.92. The highest BCUT2D eigenvalue weighted by Crippen LogP contribution is 2.23. The van der Waals surface area contributed by atoms with Gasteiger partial charge < -0.3 is 10.2 Å². The molecule has 0 spiro atoms. The molecule has 1 N–H and O–H groups in total. The molecule has 3 aromatic carbocycles. The number of halogens is 2. The molecular weight excluding hydrogens is 565 g/mol. The molecule has 10 heteroatoms. The minimum atomic E-state index is -3.97. The lowest BCUT2D eigenvalue weighted by molar-refractivity contribution is -0.140. The molecule has 1 atom stereocenters. The molecular formula is C31H35ClFN3O4S. The van der Waals surface area contributed by atoms with E-state index in [0.717, 1.165) is 59.9 Å². The van der Waals surface area contributed by atoms with Crippen molar-refractivity contribution in [3.63, 3.8) is 0 Å². The first-order valence-electron chi connectivity index (χ1n) is 13.7. The summed E-state index contributed by atoms with van der Waals surface area (Å²) in [6, 6.07) is 20.5. The van der Waals surface area contributed by atoms with E-state index in [0.29, 0.717) is 5.02 Å². The van der Waals surface area contributed by atoms with Crippen LogP contribution in [0.2, 0.25) is 5.02 Å². The van der Waals surface area contributed by atoms with E-state index in [1.807, 2.05) is 30.3 Å². The summed E-state index contributed by atoms with van der Waals surface area (Å²) in [5, 5.41) is 3.68. The number of carbonyl (C=O) groups is 2. The lowest BCUT2D eigenvalue weighted by Crippen LogP contribution is -2.55. The van der Waals surface area contributed by atoms with Crippen LogP contribution < -0.4 is 9.62 Å². The predicted octanol–water partition coefficient (Wildman–Crippen LogP) is 5.33. The Morgan fingerprint density at radius 1 is 0.951 bits per heavy atom. The zero-order valence-corrected chi connectivity index (χ0v) is 24.6. The van der Waals surface area contributed by atoms with Crippen molar-refractivity contribution in [2.24, 2.45) is 0 Å². The summed E-state index contributed by atoms with van der Waals surface area (Å²) >= 11 is 6.09. The van der Waals surface area contributed by atoms with E-state index >= 15 is 0 Å². The molecule has 0 aliphatic heterocycles. The third kappa shape index (κ3) is 8.78. The fraction of sp³-hybridized carbons (Fsp3) is 0.355. The van der Waals surface area contributed by atoms with E-state index in [4.69, 9.17) is 11.6 Å². The quantitative estimate of drug-likeness (QED) is 0.323. The Balaban J connectivity index is 1.71. The summed E-state index contributed by atoms with van der Waals surface area (Å²) in [4.78, 5) is 29.4. The van der Waals surface area contributed by atoms with E-state index in [1.54, 1.807) is 24.3 Å². The molecule has 0 unspecified atom stereocenters. The molecule has 1 aliphatic carbocycles. The van der Waals surface area contributed by atoms with Crippen LogP contribution in [0.15, 0.2) is 78.9 Å².